The Morgan fingerprint density at radius 2 is 0.955 bits per heavy atom. The average Bonchev–Trinajstić information content (AvgIpc) is 2.54. The van der Waals surface area contributed by atoms with E-state index < -0.39 is 6.10 Å². The second-order valence-corrected chi connectivity index (χ2v) is 6.73. The summed E-state index contributed by atoms with van der Waals surface area (Å²) in [5.74, 6) is 0. The quantitative estimate of drug-likeness (QED) is 0.310. The van der Waals surface area contributed by atoms with E-state index in [1.165, 1.54) is 89.9 Å². The first-order valence-corrected chi connectivity index (χ1v) is 9.87. The van der Waals surface area contributed by atoms with Crippen LogP contribution in [0.4, 0.5) is 0 Å². The van der Waals surface area contributed by atoms with Crippen molar-refractivity contribution in [2.75, 3.05) is 0 Å². The van der Waals surface area contributed by atoms with E-state index in [2.05, 4.69) is 6.92 Å². The second-order valence-electron chi connectivity index (χ2n) is 6.73. The maximum absolute atomic E-state index is 10.1. The first-order valence-electron chi connectivity index (χ1n) is 9.87. The molecule has 0 aromatic heterocycles. The number of rotatable bonds is 18. The Morgan fingerprint density at radius 1 is 0.636 bits per heavy atom. The van der Waals surface area contributed by atoms with Crippen molar-refractivity contribution in [3.05, 3.63) is 0 Å². The molecule has 0 aromatic rings. The lowest BCUT2D eigenvalue weighted by Gasteiger charge is -2.04. The third kappa shape index (κ3) is 17.7. The molecule has 1 atom stereocenters. The number of hydrogen-bond acceptors (Lipinski definition) is 2. The van der Waals surface area contributed by atoms with Gasteiger partial charge in [-0.1, -0.05) is 110 Å². The van der Waals surface area contributed by atoms with E-state index in [0.29, 0.717) is 6.42 Å². The van der Waals surface area contributed by atoms with Crippen LogP contribution in [0.1, 0.15) is 116 Å². The van der Waals surface area contributed by atoms with Crippen LogP contribution in [0.15, 0.2) is 0 Å². The van der Waals surface area contributed by atoms with Gasteiger partial charge < -0.3 is 5.11 Å². The summed E-state index contributed by atoms with van der Waals surface area (Å²) in [6.07, 6.45) is 22.9. The van der Waals surface area contributed by atoms with E-state index in [-0.39, 0.29) is 0 Å². The largest absolute Gasteiger partial charge is 0.385 e. The van der Waals surface area contributed by atoms with Crippen molar-refractivity contribution >= 4 is 6.29 Å². The molecule has 0 heterocycles. The molecule has 2 heteroatoms. The maximum Gasteiger partial charge on any atom is 0.229 e. The molecule has 0 aliphatic rings. The standard InChI is InChI=1S/C20H39O2/c1-2-3-4-5-6-7-8-9-10-11-12-13-14-15-16-17-18-20(22)19-21/h20,22H,2-18H2,1H3. The second kappa shape index (κ2) is 18.7. The summed E-state index contributed by atoms with van der Waals surface area (Å²) in [6.45, 7) is 2.27. The molecule has 0 aromatic carbocycles. The van der Waals surface area contributed by atoms with Crippen LogP contribution >= 0.6 is 0 Å². The smallest absolute Gasteiger partial charge is 0.229 e. The molecule has 0 rings (SSSR count). The van der Waals surface area contributed by atoms with E-state index >= 15 is 0 Å². The zero-order valence-electron chi connectivity index (χ0n) is 15.0. The van der Waals surface area contributed by atoms with E-state index in [1.807, 2.05) is 0 Å². The van der Waals surface area contributed by atoms with Crippen molar-refractivity contribution < 1.29 is 9.90 Å². The molecule has 0 spiro atoms. The zero-order valence-corrected chi connectivity index (χ0v) is 15.0. The van der Waals surface area contributed by atoms with E-state index in [4.69, 9.17) is 5.11 Å². The number of aliphatic hydroxyl groups is 1. The molecule has 0 aliphatic carbocycles. The summed E-state index contributed by atoms with van der Waals surface area (Å²) in [5.41, 5.74) is 0. The lowest BCUT2D eigenvalue weighted by molar-refractivity contribution is 0.219. The topological polar surface area (TPSA) is 37.3 Å². The number of carbonyl (C=O) groups excluding carboxylic acids is 1. The van der Waals surface area contributed by atoms with Crippen molar-refractivity contribution in [3.8, 4) is 0 Å². The minimum absolute atomic E-state index is 0.585. The van der Waals surface area contributed by atoms with Crippen molar-refractivity contribution in [3.63, 3.8) is 0 Å². The monoisotopic (exact) mass is 311 g/mol. The molecule has 1 radical (unpaired) electrons. The first kappa shape index (κ1) is 21.6. The van der Waals surface area contributed by atoms with Gasteiger partial charge in [0.15, 0.2) is 0 Å². The normalized spacial score (nSPS) is 12.5. The van der Waals surface area contributed by atoms with Gasteiger partial charge in [-0.05, 0) is 6.42 Å². The zero-order chi connectivity index (χ0) is 16.3. The van der Waals surface area contributed by atoms with Crippen LogP contribution < -0.4 is 0 Å². The Morgan fingerprint density at radius 3 is 1.27 bits per heavy atom. The van der Waals surface area contributed by atoms with Crippen LogP contribution in [-0.2, 0) is 4.79 Å². The Kier molecular flexibility index (Phi) is 18.4. The van der Waals surface area contributed by atoms with E-state index in [1.54, 1.807) is 6.29 Å². The van der Waals surface area contributed by atoms with Gasteiger partial charge in [0.2, 0.25) is 6.29 Å². The number of aliphatic hydroxyl groups excluding tert-OH is 1. The molecular weight excluding hydrogens is 272 g/mol. The Balaban J connectivity index is 2.98. The molecule has 0 bridgehead atoms. The maximum atomic E-state index is 10.1. The summed E-state index contributed by atoms with van der Waals surface area (Å²) < 4.78 is 0. The fourth-order valence-electron chi connectivity index (χ4n) is 2.94. The van der Waals surface area contributed by atoms with Crippen molar-refractivity contribution in [1.29, 1.82) is 0 Å². The lowest BCUT2D eigenvalue weighted by Crippen LogP contribution is -2.06. The predicted molar refractivity (Wildman–Crippen MR) is 95.9 cm³/mol. The fourth-order valence-corrected chi connectivity index (χ4v) is 2.94. The molecule has 0 amide bonds. The van der Waals surface area contributed by atoms with Crippen LogP contribution in [0.3, 0.4) is 0 Å². The van der Waals surface area contributed by atoms with Crippen LogP contribution in [0.5, 0.6) is 0 Å². The highest BCUT2D eigenvalue weighted by Gasteiger charge is 2.01. The Bertz CT molecular complexity index is 216. The molecule has 0 aliphatic heterocycles. The van der Waals surface area contributed by atoms with Gasteiger partial charge in [0.05, 0.1) is 0 Å². The van der Waals surface area contributed by atoms with Crippen LogP contribution in [0.25, 0.3) is 0 Å². The summed E-state index contributed by atoms with van der Waals surface area (Å²) in [6, 6.07) is 0. The third-order valence-corrected chi connectivity index (χ3v) is 4.47. The molecule has 0 saturated carbocycles. The van der Waals surface area contributed by atoms with Crippen LogP contribution in [0, 0.1) is 0 Å². The van der Waals surface area contributed by atoms with Crippen LogP contribution in [-0.4, -0.2) is 17.5 Å². The fraction of sp³-hybridized carbons (Fsp3) is 0.950. The van der Waals surface area contributed by atoms with Gasteiger partial charge in [0.25, 0.3) is 0 Å². The lowest BCUT2D eigenvalue weighted by atomic mass is 10.0. The van der Waals surface area contributed by atoms with Gasteiger partial charge >= 0.3 is 0 Å². The molecule has 22 heavy (non-hydrogen) atoms. The van der Waals surface area contributed by atoms with E-state index in [9.17, 15) is 4.79 Å². The van der Waals surface area contributed by atoms with Crippen molar-refractivity contribution in [2.45, 2.75) is 122 Å². The molecule has 0 saturated heterocycles. The molecule has 2 nitrogen and oxygen atoms in total. The number of unbranched alkanes of at least 4 members (excludes halogenated alkanes) is 15. The Labute approximate surface area is 139 Å². The highest BCUT2D eigenvalue weighted by Crippen LogP contribution is 2.14. The number of hydrogen-bond donors (Lipinski definition) is 1. The minimum atomic E-state index is -0.855. The summed E-state index contributed by atoms with van der Waals surface area (Å²) >= 11 is 0. The predicted octanol–water partition coefficient (Wildman–Crippen LogP) is 6.11. The van der Waals surface area contributed by atoms with Gasteiger partial charge in [-0.15, -0.1) is 0 Å². The highest BCUT2D eigenvalue weighted by atomic mass is 16.3. The summed E-state index contributed by atoms with van der Waals surface area (Å²) in [4.78, 5) is 10.1. The van der Waals surface area contributed by atoms with Gasteiger partial charge in [-0.3, -0.25) is 4.79 Å². The highest BCUT2D eigenvalue weighted by molar-refractivity contribution is 5.56. The molecule has 0 fully saturated rings. The minimum Gasteiger partial charge on any atom is -0.385 e. The SMILES string of the molecule is CCCCCCCCCCCCCCCCCCC(O)[C]=O. The molecular formula is C20H39O2. The third-order valence-electron chi connectivity index (χ3n) is 4.47. The van der Waals surface area contributed by atoms with E-state index in [0.717, 1.165) is 12.8 Å². The molecule has 1 N–H and O–H groups in total. The van der Waals surface area contributed by atoms with Crippen LogP contribution in [0.2, 0.25) is 0 Å². The average molecular weight is 312 g/mol. The van der Waals surface area contributed by atoms with Gasteiger partial charge in [-0.2, -0.15) is 0 Å². The molecule has 1 unspecified atom stereocenters. The summed E-state index contributed by atoms with van der Waals surface area (Å²) in [5, 5.41) is 9.05. The van der Waals surface area contributed by atoms with Crippen molar-refractivity contribution in [2.24, 2.45) is 0 Å². The first-order chi connectivity index (χ1) is 10.8. The molecule has 131 valence electrons. The Hall–Kier alpha value is -0.370. The van der Waals surface area contributed by atoms with Gasteiger partial charge in [0.1, 0.15) is 6.10 Å². The van der Waals surface area contributed by atoms with Gasteiger partial charge in [0, 0.05) is 0 Å². The summed E-state index contributed by atoms with van der Waals surface area (Å²) in [7, 11) is 0. The van der Waals surface area contributed by atoms with Crippen molar-refractivity contribution in [1.82, 2.24) is 0 Å². The van der Waals surface area contributed by atoms with Gasteiger partial charge in [-0.25, -0.2) is 0 Å².